The Morgan fingerprint density at radius 2 is 2.07 bits per heavy atom. The van der Waals surface area contributed by atoms with Crippen molar-refractivity contribution in [2.45, 2.75) is 10.4 Å². The van der Waals surface area contributed by atoms with Gasteiger partial charge in [-0.15, -0.1) is 11.8 Å². The predicted octanol–water partition coefficient (Wildman–Crippen LogP) is 1.97. The lowest BCUT2D eigenvalue weighted by atomic mass is 10.3. The van der Waals surface area contributed by atoms with Crippen LogP contribution in [0.1, 0.15) is 0 Å². The van der Waals surface area contributed by atoms with Gasteiger partial charge in [0.1, 0.15) is 0 Å². The van der Waals surface area contributed by atoms with E-state index in [0.717, 1.165) is 10.6 Å². The highest BCUT2D eigenvalue weighted by Crippen LogP contribution is 2.16. The van der Waals surface area contributed by atoms with Crippen LogP contribution in [0.5, 0.6) is 0 Å². The first kappa shape index (κ1) is 12.2. The molecule has 1 aromatic rings. The zero-order valence-electron chi connectivity index (χ0n) is 8.03. The van der Waals surface area contributed by atoms with Gasteiger partial charge in [-0.25, -0.2) is 10.2 Å². The summed E-state index contributed by atoms with van der Waals surface area (Å²) in [6, 6.07) is 7.53. The smallest absolute Gasteiger partial charge is 0.337 e. The van der Waals surface area contributed by atoms with E-state index in [4.69, 9.17) is 16.7 Å². The fraction of sp³-hybridized carbons (Fsp3) is 0.222. The molecule has 0 bridgehead atoms. The van der Waals surface area contributed by atoms with Crippen molar-refractivity contribution in [3.8, 4) is 0 Å². The number of thioether (sulfide) groups is 1. The Bertz CT molecular complexity index is 331. The van der Waals surface area contributed by atoms with E-state index < -0.39 is 11.5 Å². The third kappa shape index (κ3) is 3.99. The van der Waals surface area contributed by atoms with Crippen LogP contribution in [0.25, 0.3) is 0 Å². The molecule has 0 saturated carbocycles. The maximum atomic E-state index is 10.4. The maximum absolute atomic E-state index is 10.4. The molecule has 0 aliphatic heterocycles. The first-order valence-electron chi connectivity index (χ1n) is 4.16. The summed E-state index contributed by atoms with van der Waals surface area (Å²) in [5.41, 5.74) is 4.77. The molecule has 0 spiro atoms. The molecule has 0 saturated heterocycles. The van der Waals surface area contributed by atoms with Gasteiger partial charge in [-0.2, -0.15) is 0 Å². The molecule has 0 radical (unpaired) electrons. The van der Waals surface area contributed by atoms with Gasteiger partial charge in [0.15, 0.2) is 5.50 Å². The molecule has 15 heavy (non-hydrogen) atoms. The molecule has 1 atom stereocenters. The van der Waals surface area contributed by atoms with E-state index in [0.29, 0.717) is 0 Å². The minimum Gasteiger partial charge on any atom is -0.479 e. The molecule has 0 aliphatic carbocycles. The highest BCUT2D eigenvalue weighted by atomic mass is 35.5. The minimum absolute atomic E-state index is 0.764. The lowest BCUT2D eigenvalue weighted by Crippen LogP contribution is -2.35. The number of alkyl halides is 1. The Kier molecular flexibility index (Phi) is 4.74. The Labute approximate surface area is 97.0 Å². The molecule has 1 aromatic carbocycles. The Hall–Kier alpha value is -0.910. The number of carboxylic acids is 1. The Morgan fingerprint density at radius 3 is 2.53 bits per heavy atom. The van der Waals surface area contributed by atoms with Gasteiger partial charge in [0.05, 0.1) is 0 Å². The molecule has 4 nitrogen and oxygen atoms in total. The number of halogens is 1. The van der Waals surface area contributed by atoms with Crippen LogP contribution in [0.3, 0.4) is 0 Å². The molecule has 1 rings (SSSR count). The molecule has 0 heterocycles. The van der Waals surface area contributed by atoms with Crippen molar-refractivity contribution >= 4 is 35.0 Å². The third-order valence-corrected chi connectivity index (χ3v) is 2.69. The van der Waals surface area contributed by atoms with Crippen LogP contribution in [-0.4, -0.2) is 22.8 Å². The molecule has 3 N–H and O–H groups in total. The topological polar surface area (TPSA) is 61.4 Å². The number of carbonyl (C=O) groups is 1. The monoisotopic (exact) mass is 246 g/mol. The van der Waals surface area contributed by atoms with Gasteiger partial charge in [-0.05, 0) is 30.5 Å². The summed E-state index contributed by atoms with van der Waals surface area (Å²) < 4.78 is 0. The molecule has 0 aliphatic rings. The van der Waals surface area contributed by atoms with Crippen molar-refractivity contribution in [1.82, 2.24) is 5.43 Å². The maximum Gasteiger partial charge on any atom is 0.337 e. The van der Waals surface area contributed by atoms with Crippen molar-refractivity contribution in [3.05, 3.63) is 24.3 Å². The van der Waals surface area contributed by atoms with E-state index in [1.165, 1.54) is 0 Å². The SMILES string of the molecule is CSc1ccc(NNC(Cl)C(=O)O)cc1. The lowest BCUT2D eigenvalue weighted by Gasteiger charge is -2.10. The average molecular weight is 247 g/mol. The number of hydrogen-bond acceptors (Lipinski definition) is 4. The zero-order chi connectivity index (χ0) is 11.3. The highest BCUT2D eigenvalue weighted by molar-refractivity contribution is 7.98. The van der Waals surface area contributed by atoms with E-state index in [1.807, 2.05) is 30.5 Å². The molecule has 6 heteroatoms. The summed E-state index contributed by atoms with van der Waals surface area (Å²) in [7, 11) is 0. The van der Waals surface area contributed by atoms with E-state index in [-0.39, 0.29) is 0 Å². The summed E-state index contributed by atoms with van der Waals surface area (Å²) in [5, 5.41) is 8.50. The van der Waals surface area contributed by atoms with Crippen LogP contribution in [-0.2, 0) is 4.79 Å². The molecule has 0 fully saturated rings. The molecule has 82 valence electrons. The van der Waals surface area contributed by atoms with Gasteiger partial charge in [-0.1, -0.05) is 11.6 Å². The second-order valence-electron chi connectivity index (χ2n) is 2.70. The molecule has 0 aromatic heterocycles. The van der Waals surface area contributed by atoms with Gasteiger partial charge in [0, 0.05) is 10.6 Å². The highest BCUT2D eigenvalue weighted by Gasteiger charge is 2.11. The number of nitrogens with one attached hydrogen (secondary N) is 2. The van der Waals surface area contributed by atoms with Crippen LogP contribution in [0.4, 0.5) is 5.69 Å². The van der Waals surface area contributed by atoms with E-state index >= 15 is 0 Å². The number of carboxylic acid groups (broad SMARTS) is 1. The van der Waals surface area contributed by atoms with E-state index in [1.54, 1.807) is 11.8 Å². The quantitative estimate of drug-likeness (QED) is 0.321. The number of anilines is 1. The van der Waals surface area contributed by atoms with Crippen LogP contribution < -0.4 is 10.9 Å². The fourth-order valence-electron chi connectivity index (χ4n) is 0.883. The average Bonchev–Trinajstić information content (AvgIpc) is 2.26. The van der Waals surface area contributed by atoms with Gasteiger partial charge < -0.3 is 10.5 Å². The predicted molar refractivity (Wildman–Crippen MR) is 62.3 cm³/mol. The van der Waals surface area contributed by atoms with Crippen LogP contribution in [0, 0.1) is 0 Å². The largest absolute Gasteiger partial charge is 0.479 e. The third-order valence-electron chi connectivity index (χ3n) is 1.65. The van der Waals surface area contributed by atoms with Crippen molar-refractivity contribution in [1.29, 1.82) is 0 Å². The molecular weight excluding hydrogens is 236 g/mol. The minimum atomic E-state index is -1.15. The van der Waals surface area contributed by atoms with Crippen molar-refractivity contribution < 1.29 is 9.90 Å². The normalized spacial score (nSPS) is 12.1. The summed E-state index contributed by atoms with van der Waals surface area (Å²) in [5.74, 6) is -1.12. The number of hydrazine groups is 1. The first-order chi connectivity index (χ1) is 7.13. The summed E-state index contributed by atoms with van der Waals surface area (Å²) in [6.45, 7) is 0. The van der Waals surface area contributed by atoms with Crippen LogP contribution >= 0.6 is 23.4 Å². The van der Waals surface area contributed by atoms with Crippen molar-refractivity contribution in [2.75, 3.05) is 11.7 Å². The number of rotatable bonds is 5. The Morgan fingerprint density at radius 1 is 1.47 bits per heavy atom. The zero-order valence-corrected chi connectivity index (χ0v) is 9.60. The second kappa shape index (κ2) is 5.85. The van der Waals surface area contributed by atoms with Crippen molar-refractivity contribution in [3.63, 3.8) is 0 Å². The van der Waals surface area contributed by atoms with Crippen LogP contribution in [0.15, 0.2) is 29.2 Å². The van der Waals surface area contributed by atoms with Gasteiger partial charge >= 0.3 is 5.97 Å². The number of aliphatic carboxylic acids is 1. The number of benzene rings is 1. The summed E-state index contributed by atoms with van der Waals surface area (Å²) in [4.78, 5) is 11.5. The Balaban J connectivity index is 2.47. The summed E-state index contributed by atoms with van der Waals surface area (Å²) >= 11 is 7.09. The van der Waals surface area contributed by atoms with Gasteiger partial charge in [0.2, 0.25) is 0 Å². The first-order valence-corrected chi connectivity index (χ1v) is 5.82. The lowest BCUT2D eigenvalue weighted by molar-refractivity contribution is -0.137. The number of hydrogen-bond donors (Lipinski definition) is 3. The molecular formula is C9H11ClN2O2S. The van der Waals surface area contributed by atoms with Crippen molar-refractivity contribution in [2.24, 2.45) is 0 Å². The van der Waals surface area contributed by atoms with Gasteiger partial charge in [-0.3, -0.25) is 0 Å². The molecule has 1 unspecified atom stereocenters. The van der Waals surface area contributed by atoms with Gasteiger partial charge in [0.25, 0.3) is 0 Å². The van der Waals surface area contributed by atoms with E-state index in [9.17, 15) is 4.79 Å². The van der Waals surface area contributed by atoms with Crippen LogP contribution in [0.2, 0.25) is 0 Å². The fourth-order valence-corrected chi connectivity index (χ4v) is 1.35. The molecule has 0 amide bonds. The standard InChI is InChI=1S/C9H11ClN2O2S/c1-15-7-4-2-6(3-5-7)11-12-8(10)9(13)14/h2-5,8,11-12H,1H3,(H,13,14). The summed E-state index contributed by atoms with van der Waals surface area (Å²) in [6.07, 6.45) is 1.99. The second-order valence-corrected chi connectivity index (χ2v) is 4.01. The van der Waals surface area contributed by atoms with E-state index in [2.05, 4.69) is 10.9 Å².